The molecule has 2 aliphatic heterocycles. The van der Waals surface area contributed by atoms with Crippen molar-refractivity contribution < 1.29 is 17.9 Å². The predicted molar refractivity (Wildman–Crippen MR) is 115 cm³/mol. The third-order valence-electron chi connectivity index (χ3n) is 6.16. The number of aromatic nitrogens is 1. The summed E-state index contributed by atoms with van der Waals surface area (Å²) in [6.07, 6.45) is 5.37. The van der Waals surface area contributed by atoms with E-state index in [1.165, 1.54) is 0 Å². The summed E-state index contributed by atoms with van der Waals surface area (Å²) in [5, 5.41) is 0. The summed E-state index contributed by atoms with van der Waals surface area (Å²) in [7, 11) is -3.41. The minimum absolute atomic E-state index is 0.00957. The maximum Gasteiger partial charge on any atom is 0.229 e. The van der Waals surface area contributed by atoms with Crippen LogP contribution in [0.1, 0.15) is 35.8 Å². The second-order valence-electron chi connectivity index (χ2n) is 8.25. The van der Waals surface area contributed by atoms with E-state index in [4.69, 9.17) is 4.74 Å². The van der Waals surface area contributed by atoms with Gasteiger partial charge in [-0.3, -0.25) is 14.5 Å². The largest absolute Gasteiger partial charge is 0.486 e. The molecule has 0 bridgehead atoms. The summed E-state index contributed by atoms with van der Waals surface area (Å²) in [5.74, 6) is 0.269. The fourth-order valence-electron chi connectivity index (χ4n) is 4.38. The van der Waals surface area contributed by atoms with E-state index < -0.39 is 15.6 Å². The molecule has 1 saturated heterocycles. The standard InChI is InChI=1S/C22H27N3O4S/c1-16-21(26)19-15-18(24-30(2,27)28)6-7-20(19)29-22(16)9-13-25(14-10-22)12-8-17-5-3-4-11-23-17/h3-7,11,15-16,24H,8-10,12-14H2,1-2H3. The van der Waals surface area contributed by atoms with Gasteiger partial charge in [-0.25, -0.2) is 8.42 Å². The van der Waals surface area contributed by atoms with Crippen LogP contribution < -0.4 is 9.46 Å². The average molecular weight is 430 g/mol. The van der Waals surface area contributed by atoms with Crippen LogP contribution in [0, 0.1) is 5.92 Å². The molecule has 1 unspecified atom stereocenters. The van der Waals surface area contributed by atoms with Crippen LogP contribution in [0.25, 0.3) is 0 Å². The van der Waals surface area contributed by atoms with E-state index in [-0.39, 0.29) is 11.7 Å². The molecule has 7 nitrogen and oxygen atoms in total. The number of likely N-dealkylation sites (tertiary alicyclic amines) is 1. The number of nitrogens with one attached hydrogen (secondary N) is 1. The number of sulfonamides is 1. The molecule has 2 aliphatic rings. The molecule has 8 heteroatoms. The Morgan fingerprint density at radius 1 is 1.23 bits per heavy atom. The number of piperidine rings is 1. The molecule has 4 rings (SSSR count). The van der Waals surface area contributed by atoms with Gasteiger partial charge in [0.25, 0.3) is 0 Å². The number of pyridine rings is 1. The number of ketones is 1. The second kappa shape index (κ2) is 8.00. The number of anilines is 1. The van der Waals surface area contributed by atoms with Gasteiger partial charge in [0.1, 0.15) is 11.4 Å². The first kappa shape index (κ1) is 20.8. The molecular weight excluding hydrogens is 402 g/mol. The summed E-state index contributed by atoms with van der Waals surface area (Å²) >= 11 is 0. The Hall–Kier alpha value is -2.45. The predicted octanol–water partition coefficient (Wildman–Crippen LogP) is 2.74. The summed E-state index contributed by atoms with van der Waals surface area (Å²) < 4.78 is 31.8. The molecule has 3 heterocycles. The number of ether oxygens (including phenoxy) is 1. The second-order valence-corrected chi connectivity index (χ2v) is 10.00. The van der Waals surface area contributed by atoms with Crippen molar-refractivity contribution in [1.29, 1.82) is 0 Å². The lowest BCUT2D eigenvalue weighted by Crippen LogP contribution is -2.56. The Kier molecular flexibility index (Phi) is 5.55. The SMILES string of the molecule is CC1C(=O)c2cc(NS(C)(=O)=O)ccc2OC12CCN(CCc1ccccn1)CC2. The molecule has 0 saturated carbocycles. The van der Waals surface area contributed by atoms with Crippen LogP contribution in [0.5, 0.6) is 5.75 Å². The molecule has 30 heavy (non-hydrogen) atoms. The molecule has 2 aromatic rings. The van der Waals surface area contributed by atoms with E-state index in [2.05, 4.69) is 14.6 Å². The van der Waals surface area contributed by atoms with Gasteiger partial charge < -0.3 is 9.64 Å². The van der Waals surface area contributed by atoms with Gasteiger partial charge in [0.05, 0.1) is 17.7 Å². The van der Waals surface area contributed by atoms with Crippen molar-refractivity contribution in [3.63, 3.8) is 0 Å². The molecule has 1 spiro atoms. The highest BCUT2D eigenvalue weighted by Crippen LogP contribution is 2.43. The zero-order valence-electron chi connectivity index (χ0n) is 17.3. The van der Waals surface area contributed by atoms with Gasteiger partial charge in [0.15, 0.2) is 5.78 Å². The lowest BCUT2D eigenvalue weighted by Gasteiger charge is -2.47. The number of carbonyl (C=O) groups is 1. The maximum atomic E-state index is 13.1. The van der Waals surface area contributed by atoms with E-state index in [9.17, 15) is 13.2 Å². The summed E-state index contributed by atoms with van der Waals surface area (Å²) in [6.45, 7) is 4.60. The number of rotatable bonds is 5. The van der Waals surface area contributed by atoms with Gasteiger partial charge in [-0.1, -0.05) is 13.0 Å². The Bertz CT molecular complexity index is 1030. The van der Waals surface area contributed by atoms with Gasteiger partial charge in [-0.15, -0.1) is 0 Å². The highest BCUT2D eigenvalue weighted by Gasteiger charge is 2.48. The number of benzene rings is 1. The lowest BCUT2D eigenvalue weighted by atomic mass is 9.74. The van der Waals surface area contributed by atoms with Crippen molar-refractivity contribution in [2.75, 3.05) is 30.6 Å². The maximum absolute atomic E-state index is 13.1. The van der Waals surface area contributed by atoms with Gasteiger partial charge in [0.2, 0.25) is 10.0 Å². The molecular formula is C22H27N3O4S. The number of hydrogen-bond donors (Lipinski definition) is 1. The molecule has 0 aliphatic carbocycles. The monoisotopic (exact) mass is 429 g/mol. The van der Waals surface area contributed by atoms with Crippen LogP contribution in [0.3, 0.4) is 0 Å². The first-order valence-corrected chi connectivity index (χ1v) is 12.1. The van der Waals surface area contributed by atoms with Crippen LogP contribution in [0.4, 0.5) is 5.69 Å². The van der Waals surface area contributed by atoms with E-state index in [0.29, 0.717) is 17.0 Å². The van der Waals surface area contributed by atoms with Crippen molar-refractivity contribution >= 4 is 21.5 Å². The van der Waals surface area contributed by atoms with E-state index in [1.807, 2.05) is 31.3 Å². The van der Waals surface area contributed by atoms with Crippen molar-refractivity contribution in [2.24, 2.45) is 5.92 Å². The van der Waals surface area contributed by atoms with E-state index in [1.54, 1.807) is 18.2 Å². The van der Waals surface area contributed by atoms with Crippen LogP contribution in [-0.4, -0.2) is 55.6 Å². The molecule has 0 radical (unpaired) electrons. The van der Waals surface area contributed by atoms with Crippen LogP contribution in [-0.2, 0) is 16.4 Å². The minimum Gasteiger partial charge on any atom is -0.486 e. The first-order valence-electron chi connectivity index (χ1n) is 10.2. The molecule has 160 valence electrons. The summed E-state index contributed by atoms with van der Waals surface area (Å²) in [6, 6.07) is 10.9. The quantitative estimate of drug-likeness (QED) is 0.786. The number of carbonyl (C=O) groups excluding carboxylic acids is 1. The van der Waals surface area contributed by atoms with Crippen molar-refractivity contribution in [1.82, 2.24) is 9.88 Å². The topological polar surface area (TPSA) is 88.6 Å². The van der Waals surface area contributed by atoms with Crippen LogP contribution >= 0.6 is 0 Å². The Morgan fingerprint density at radius 2 is 2.00 bits per heavy atom. The summed E-state index contributed by atoms with van der Waals surface area (Å²) in [5.41, 5.74) is 1.40. The molecule has 1 aromatic heterocycles. The van der Waals surface area contributed by atoms with Gasteiger partial charge in [-0.2, -0.15) is 0 Å². The van der Waals surface area contributed by atoms with Gasteiger partial charge >= 0.3 is 0 Å². The smallest absolute Gasteiger partial charge is 0.229 e. The van der Waals surface area contributed by atoms with E-state index in [0.717, 1.165) is 50.8 Å². The average Bonchev–Trinajstić information content (AvgIpc) is 2.72. The molecule has 0 amide bonds. The number of hydrogen-bond acceptors (Lipinski definition) is 6. The third kappa shape index (κ3) is 4.34. The highest BCUT2D eigenvalue weighted by atomic mass is 32.2. The number of nitrogens with zero attached hydrogens (tertiary/aromatic N) is 2. The molecule has 1 N–H and O–H groups in total. The van der Waals surface area contributed by atoms with Crippen LogP contribution in [0.2, 0.25) is 0 Å². The zero-order valence-corrected chi connectivity index (χ0v) is 18.1. The molecule has 1 fully saturated rings. The number of fused-ring (bicyclic) bond motifs is 1. The Morgan fingerprint density at radius 3 is 2.67 bits per heavy atom. The fourth-order valence-corrected chi connectivity index (χ4v) is 4.93. The third-order valence-corrected chi connectivity index (χ3v) is 6.76. The lowest BCUT2D eigenvalue weighted by molar-refractivity contribution is -0.0388. The van der Waals surface area contributed by atoms with Crippen molar-refractivity contribution in [3.8, 4) is 5.75 Å². The minimum atomic E-state index is -3.41. The fraction of sp³-hybridized carbons (Fsp3) is 0.455. The zero-order chi connectivity index (χ0) is 21.4. The van der Waals surface area contributed by atoms with Crippen LogP contribution in [0.15, 0.2) is 42.6 Å². The highest BCUT2D eigenvalue weighted by molar-refractivity contribution is 7.92. The Balaban J connectivity index is 1.44. The Labute approximate surface area is 177 Å². The normalized spacial score (nSPS) is 21.1. The van der Waals surface area contributed by atoms with Gasteiger partial charge in [-0.05, 0) is 30.3 Å². The van der Waals surface area contributed by atoms with Crippen molar-refractivity contribution in [2.45, 2.75) is 31.8 Å². The van der Waals surface area contributed by atoms with Gasteiger partial charge in [0, 0.05) is 56.5 Å². The van der Waals surface area contributed by atoms with E-state index >= 15 is 0 Å². The number of Topliss-reactive ketones (excluding diaryl/α,β-unsaturated/α-hetero) is 1. The molecule has 1 aromatic carbocycles. The summed E-state index contributed by atoms with van der Waals surface area (Å²) in [4.78, 5) is 19.9. The first-order chi connectivity index (χ1) is 14.3. The van der Waals surface area contributed by atoms with Crippen molar-refractivity contribution in [3.05, 3.63) is 53.9 Å². The molecule has 1 atom stereocenters.